The number of H-pyrrole nitrogens is 1. The van der Waals surface area contributed by atoms with E-state index in [0.717, 1.165) is 37.1 Å². The minimum absolute atomic E-state index is 0.0142. The Hall–Kier alpha value is -1.69. The number of aryl methyl sites for hydroxylation is 1. The fourth-order valence-electron chi connectivity index (χ4n) is 2.24. The van der Waals surface area contributed by atoms with Crippen LogP contribution in [0.5, 0.6) is 0 Å². The standard InChI is InChI=1S/C11H14N4O2/c1-7-10-8(6-12-11(16)13-10)14-15(7)9-4-2-3-5-17-9/h6,9H,2-5H2,1H3,(H,13,16). The molecule has 2 aromatic heterocycles. The van der Waals surface area contributed by atoms with Crippen molar-refractivity contribution in [3.05, 3.63) is 22.4 Å². The van der Waals surface area contributed by atoms with Gasteiger partial charge in [0.05, 0.1) is 17.4 Å². The summed E-state index contributed by atoms with van der Waals surface area (Å²) in [5, 5.41) is 4.44. The van der Waals surface area contributed by atoms with E-state index < -0.39 is 0 Å². The Morgan fingerprint density at radius 2 is 2.41 bits per heavy atom. The zero-order chi connectivity index (χ0) is 11.8. The highest BCUT2D eigenvalue weighted by Gasteiger charge is 2.20. The molecule has 0 saturated carbocycles. The Labute approximate surface area is 97.6 Å². The Morgan fingerprint density at radius 3 is 3.18 bits per heavy atom. The van der Waals surface area contributed by atoms with Gasteiger partial charge in [0.25, 0.3) is 0 Å². The summed E-state index contributed by atoms with van der Waals surface area (Å²) in [6.07, 6.45) is 4.70. The van der Waals surface area contributed by atoms with Crippen molar-refractivity contribution in [1.82, 2.24) is 19.7 Å². The Kier molecular flexibility index (Phi) is 2.44. The normalized spacial score (nSPS) is 20.9. The van der Waals surface area contributed by atoms with Gasteiger partial charge in [-0.2, -0.15) is 10.1 Å². The van der Waals surface area contributed by atoms with E-state index in [0.29, 0.717) is 5.52 Å². The maximum atomic E-state index is 11.2. The molecule has 0 amide bonds. The lowest BCUT2D eigenvalue weighted by molar-refractivity contribution is -0.0402. The van der Waals surface area contributed by atoms with Crippen LogP contribution in [0.4, 0.5) is 0 Å². The van der Waals surface area contributed by atoms with Crippen molar-refractivity contribution in [1.29, 1.82) is 0 Å². The van der Waals surface area contributed by atoms with Crippen LogP contribution in [0.3, 0.4) is 0 Å². The van der Waals surface area contributed by atoms with Gasteiger partial charge in [-0.05, 0) is 26.2 Å². The summed E-state index contributed by atoms with van der Waals surface area (Å²) < 4.78 is 7.54. The maximum Gasteiger partial charge on any atom is 0.345 e. The molecule has 6 heteroatoms. The first kappa shape index (κ1) is 10.5. The number of aromatic amines is 1. The van der Waals surface area contributed by atoms with Gasteiger partial charge in [0, 0.05) is 6.61 Å². The van der Waals surface area contributed by atoms with Gasteiger partial charge in [0.1, 0.15) is 5.52 Å². The third-order valence-corrected chi connectivity index (χ3v) is 3.14. The number of ether oxygens (including phenoxy) is 1. The second-order valence-corrected chi connectivity index (χ2v) is 4.30. The van der Waals surface area contributed by atoms with Crippen LogP contribution in [0.1, 0.15) is 31.2 Å². The molecule has 90 valence electrons. The van der Waals surface area contributed by atoms with Crippen molar-refractivity contribution < 1.29 is 4.74 Å². The molecule has 0 aromatic carbocycles. The van der Waals surface area contributed by atoms with E-state index in [9.17, 15) is 4.79 Å². The molecular formula is C11H14N4O2. The minimum atomic E-state index is -0.343. The summed E-state index contributed by atoms with van der Waals surface area (Å²) in [5.41, 5.74) is 2.03. The monoisotopic (exact) mass is 234 g/mol. The van der Waals surface area contributed by atoms with Crippen molar-refractivity contribution in [2.75, 3.05) is 6.61 Å². The van der Waals surface area contributed by atoms with Crippen LogP contribution in [0.25, 0.3) is 11.0 Å². The van der Waals surface area contributed by atoms with E-state index in [-0.39, 0.29) is 11.9 Å². The van der Waals surface area contributed by atoms with Gasteiger partial charge in [-0.25, -0.2) is 9.48 Å². The Morgan fingerprint density at radius 1 is 1.53 bits per heavy atom. The lowest BCUT2D eigenvalue weighted by Gasteiger charge is -2.23. The summed E-state index contributed by atoms with van der Waals surface area (Å²) in [6, 6.07) is 0. The van der Waals surface area contributed by atoms with Gasteiger partial charge in [0.2, 0.25) is 0 Å². The second-order valence-electron chi connectivity index (χ2n) is 4.30. The number of hydrogen-bond acceptors (Lipinski definition) is 4. The van der Waals surface area contributed by atoms with Crippen molar-refractivity contribution in [2.45, 2.75) is 32.4 Å². The van der Waals surface area contributed by atoms with Gasteiger partial charge in [0.15, 0.2) is 6.23 Å². The molecule has 1 unspecified atom stereocenters. The molecule has 0 aliphatic carbocycles. The average Bonchev–Trinajstić information content (AvgIpc) is 2.68. The fourth-order valence-corrected chi connectivity index (χ4v) is 2.24. The highest BCUT2D eigenvalue weighted by atomic mass is 16.5. The molecule has 1 saturated heterocycles. The number of nitrogens with one attached hydrogen (secondary N) is 1. The van der Waals surface area contributed by atoms with Crippen LogP contribution >= 0.6 is 0 Å². The van der Waals surface area contributed by atoms with Gasteiger partial charge in [-0.15, -0.1) is 0 Å². The van der Waals surface area contributed by atoms with Crippen molar-refractivity contribution in [2.24, 2.45) is 0 Å². The first-order valence-corrected chi connectivity index (χ1v) is 5.81. The summed E-state index contributed by atoms with van der Waals surface area (Å²) in [7, 11) is 0. The molecule has 1 fully saturated rings. The van der Waals surface area contributed by atoms with Gasteiger partial charge >= 0.3 is 5.69 Å². The summed E-state index contributed by atoms with van der Waals surface area (Å²) in [4.78, 5) is 17.6. The molecule has 1 N–H and O–H groups in total. The topological polar surface area (TPSA) is 72.8 Å². The average molecular weight is 234 g/mol. The third kappa shape index (κ3) is 1.74. The zero-order valence-electron chi connectivity index (χ0n) is 9.64. The van der Waals surface area contributed by atoms with E-state index in [1.54, 1.807) is 0 Å². The van der Waals surface area contributed by atoms with E-state index in [4.69, 9.17) is 4.74 Å². The minimum Gasteiger partial charge on any atom is -0.357 e. The van der Waals surface area contributed by atoms with Crippen LogP contribution in [-0.4, -0.2) is 26.4 Å². The highest BCUT2D eigenvalue weighted by molar-refractivity contribution is 5.75. The van der Waals surface area contributed by atoms with E-state index >= 15 is 0 Å². The molecule has 0 radical (unpaired) electrons. The van der Waals surface area contributed by atoms with Crippen LogP contribution < -0.4 is 5.69 Å². The SMILES string of the molecule is Cc1c2[nH]c(=O)ncc2nn1C1CCCCO1. The molecule has 6 nitrogen and oxygen atoms in total. The number of aromatic nitrogens is 4. The van der Waals surface area contributed by atoms with Crippen LogP contribution in [0, 0.1) is 6.92 Å². The molecule has 1 aliphatic rings. The van der Waals surface area contributed by atoms with Gasteiger partial charge in [-0.1, -0.05) is 0 Å². The first-order chi connectivity index (χ1) is 8.25. The smallest absolute Gasteiger partial charge is 0.345 e. The van der Waals surface area contributed by atoms with Gasteiger partial charge in [-0.3, -0.25) is 0 Å². The Bertz CT molecular complexity index is 595. The molecule has 0 bridgehead atoms. The van der Waals surface area contributed by atoms with Crippen LogP contribution in [0.2, 0.25) is 0 Å². The highest BCUT2D eigenvalue weighted by Crippen LogP contribution is 2.25. The van der Waals surface area contributed by atoms with E-state index in [1.165, 1.54) is 6.20 Å². The van der Waals surface area contributed by atoms with Crippen LogP contribution in [0.15, 0.2) is 11.0 Å². The first-order valence-electron chi connectivity index (χ1n) is 5.81. The van der Waals surface area contributed by atoms with E-state index in [2.05, 4.69) is 15.1 Å². The lowest BCUT2D eigenvalue weighted by Crippen LogP contribution is -2.20. The molecule has 3 heterocycles. The predicted octanol–water partition coefficient (Wildman–Crippen LogP) is 1.13. The van der Waals surface area contributed by atoms with Crippen LogP contribution in [-0.2, 0) is 4.74 Å². The van der Waals surface area contributed by atoms with Crippen molar-refractivity contribution >= 4 is 11.0 Å². The molecule has 1 atom stereocenters. The van der Waals surface area contributed by atoms with E-state index in [1.807, 2.05) is 11.6 Å². The zero-order valence-corrected chi connectivity index (χ0v) is 9.64. The molecular weight excluding hydrogens is 220 g/mol. The molecule has 2 aromatic rings. The molecule has 3 rings (SSSR count). The number of hydrogen-bond donors (Lipinski definition) is 1. The molecule has 1 aliphatic heterocycles. The second kappa shape index (κ2) is 3.96. The fraction of sp³-hybridized carbons (Fsp3) is 0.545. The quantitative estimate of drug-likeness (QED) is 0.802. The Balaban J connectivity index is 2.10. The third-order valence-electron chi connectivity index (χ3n) is 3.14. The summed E-state index contributed by atoms with van der Waals surface area (Å²) in [6.45, 7) is 2.71. The van der Waals surface area contributed by atoms with Crippen molar-refractivity contribution in [3.8, 4) is 0 Å². The summed E-state index contributed by atoms with van der Waals surface area (Å²) in [5.74, 6) is 0. The summed E-state index contributed by atoms with van der Waals surface area (Å²) >= 11 is 0. The number of nitrogens with zero attached hydrogens (tertiary/aromatic N) is 3. The van der Waals surface area contributed by atoms with Crippen molar-refractivity contribution in [3.63, 3.8) is 0 Å². The molecule has 0 spiro atoms. The largest absolute Gasteiger partial charge is 0.357 e. The maximum absolute atomic E-state index is 11.2. The number of fused-ring (bicyclic) bond motifs is 1. The number of rotatable bonds is 1. The van der Waals surface area contributed by atoms with Gasteiger partial charge < -0.3 is 9.72 Å². The molecule has 17 heavy (non-hydrogen) atoms. The lowest BCUT2D eigenvalue weighted by atomic mass is 10.2. The predicted molar refractivity (Wildman–Crippen MR) is 61.7 cm³/mol.